The predicted molar refractivity (Wildman–Crippen MR) is 113 cm³/mol. The molecular weight excluding hydrogens is 392 g/mol. The number of ether oxygens (including phenoxy) is 2. The van der Waals surface area contributed by atoms with Gasteiger partial charge >= 0.3 is 6.61 Å². The molecule has 0 spiro atoms. The van der Waals surface area contributed by atoms with Gasteiger partial charge in [-0.15, -0.1) is 0 Å². The molecule has 1 atom stereocenters. The summed E-state index contributed by atoms with van der Waals surface area (Å²) in [6.45, 7) is 6.22. The molecule has 0 bridgehead atoms. The second-order valence-electron chi connectivity index (χ2n) is 7.08. The van der Waals surface area contributed by atoms with E-state index >= 15 is 0 Å². The number of rotatable bonds is 9. The van der Waals surface area contributed by atoms with Crippen LogP contribution in [-0.4, -0.2) is 42.0 Å². The van der Waals surface area contributed by atoms with Crippen LogP contribution in [0.25, 0.3) is 0 Å². The highest BCUT2D eigenvalue weighted by Gasteiger charge is 2.14. The molecule has 1 heterocycles. The summed E-state index contributed by atoms with van der Waals surface area (Å²) in [6, 6.07) is 5.01. The van der Waals surface area contributed by atoms with E-state index in [1.807, 2.05) is 25.6 Å². The minimum atomic E-state index is -2.92. The van der Waals surface area contributed by atoms with Crippen LogP contribution in [0.4, 0.5) is 8.78 Å². The van der Waals surface area contributed by atoms with Crippen LogP contribution in [0.15, 0.2) is 23.2 Å². The molecule has 0 aliphatic carbocycles. The van der Waals surface area contributed by atoms with Crippen molar-refractivity contribution in [3.05, 3.63) is 40.7 Å². The molecule has 9 heteroatoms. The monoisotopic (exact) mass is 423 g/mol. The average Bonchev–Trinajstić information content (AvgIpc) is 2.92. The molecule has 0 radical (unpaired) electrons. The first-order valence-electron chi connectivity index (χ1n) is 9.90. The van der Waals surface area contributed by atoms with E-state index in [-0.39, 0.29) is 17.5 Å². The standard InChI is InChI=1S/C21H31F2N5O2/c1-7-24-21(26-13(2)10-17-14(3)27-28(5)15(17)4)25-12-16-8-9-18(29-6)19(11-16)30-20(22)23/h8-9,11,13,20H,7,10,12H2,1-6H3,(H2,24,25,26). The summed E-state index contributed by atoms with van der Waals surface area (Å²) in [5.74, 6) is 0.897. The van der Waals surface area contributed by atoms with Gasteiger partial charge in [-0.1, -0.05) is 6.07 Å². The van der Waals surface area contributed by atoms with Crippen molar-refractivity contribution >= 4 is 5.96 Å². The molecule has 1 aromatic carbocycles. The molecule has 2 N–H and O–H groups in total. The SMILES string of the molecule is CCNC(=NCc1ccc(OC)c(OC(F)F)c1)NC(C)Cc1c(C)nn(C)c1C. The highest BCUT2D eigenvalue weighted by atomic mass is 19.3. The van der Waals surface area contributed by atoms with Crippen molar-refractivity contribution in [2.45, 2.75) is 53.3 Å². The zero-order chi connectivity index (χ0) is 22.3. The first-order chi connectivity index (χ1) is 14.2. The van der Waals surface area contributed by atoms with Gasteiger partial charge < -0.3 is 20.1 Å². The molecule has 0 saturated carbocycles. The quantitative estimate of drug-likeness (QED) is 0.478. The van der Waals surface area contributed by atoms with Crippen LogP contribution in [0, 0.1) is 13.8 Å². The number of aromatic nitrogens is 2. The Hall–Kier alpha value is -2.84. The summed E-state index contributed by atoms with van der Waals surface area (Å²) in [5, 5.41) is 11.1. The number of hydrogen-bond donors (Lipinski definition) is 2. The summed E-state index contributed by atoms with van der Waals surface area (Å²) >= 11 is 0. The molecule has 0 amide bonds. The number of halogens is 2. The Labute approximate surface area is 176 Å². The minimum Gasteiger partial charge on any atom is -0.493 e. The van der Waals surface area contributed by atoms with Gasteiger partial charge in [-0.3, -0.25) is 4.68 Å². The lowest BCUT2D eigenvalue weighted by atomic mass is 10.1. The lowest BCUT2D eigenvalue weighted by molar-refractivity contribution is -0.0512. The highest BCUT2D eigenvalue weighted by molar-refractivity contribution is 5.80. The largest absolute Gasteiger partial charge is 0.493 e. The van der Waals surface area contributed by atoms with Crippen LogP contribution < -0.4 is 20.1 Å². The average molecular weight is 424 g/mol. The Morgan fingerprint density at radius 3 is 2.57 bits per heavy atom. The maximum Gasteiger partial charge on any atom is 0.387 e. The van der Waals surface area contributed by atoms with Crippen molar-refractivity contribution < 1.29 is 18.3 Å². The Kier molecular flexibility index (Phi) is 8.44. The fourth-order valence-corrected chi connectivity index (χ4v) is 3.20. The van der Waals surface area contributed by atoms with Crippen molar-refractivity contribution in [1.29, 1.82) is 0 Å². The zero-order valence-corrected chi connectivity index (χ0v) is 18.4. The Morgan fingerprint density at radius 2 is 2.00 bits per heavy atom. The molecule has 2 aromatic rings. The van der Waals surface area contributed by atoms with Crippen molar-refractivity contribution in [2.24, 2.45) is 12.0 Å². The maximum atomic E-state index is 12.6. The number of methoxy groups -OCH3 is 1. The van der Waals surface area contributed by atoms with Crippen LogP contribution in [0.2, 0.25) is 0 Å². The zero-order valence-electron chi connectivity index (χ0n) is 18.4. The molecule has 0 saturated heterocycles. The van der Waals surface area contributed by atoms with Gasteiger partial charge in [0.05, 0.1) is 19.3 Å². The number of benzene rings is 1. The number of nitrogens with one attached hydrogen (secondary N) is 2. The molecule has 166 valence electrons. The molecule has 7 nitrogen and oxygen atoms in total. The van der Waals surface area contributed by atoms with E-state index in [0.29, 0.717) is 19.0 Å². The van der Waals surface area contributed by atoms with Crippen LogP contribution in [0.1, 0.15) is 36.4 Å². The van der Waals surface area contributed by atoms with E-state index in [0.717, 1.165) is 23.4 Å². The van der Waals surface area contributed by atoms with Gasteiger partial charge in [-0.05, 0) is 57.4 Å². The fraction of sp³-hybridized carbons (Fsp3) is 0.524. The molecule has 1 unspecified atom stereocenters. The molecule has 30 heavy (non-hydrogen) atoms. The van der Waals surface area contributed by atoms with Crippen molar-refractivity contribution in [2.75, 3.05) is 13.7 Å². The maximum absolute atomic E-state index is 12.6. The van der Waals surface area contributed by atoms with Crippen molar-refractivity contribution in [1.82, 2.24) is 20.4 Å². The van der Waals surface area contributed by atoms with Crippen molar-refractivity contribution in [3.63, 3.8) is 0 Å². The smallest absolute Gasteiger partial charge is 0.387 e. The number of guanidine groups is 1. The van der Waals surface area contributed by atoms with E-state index in [1.54, 1.807) is 12.1 Å². The number of hydrogen-bond acceptors (Lipinski definition) is 4. The van der Waals surface area contributed by atoms with E-state index in [9.17, 15) is 8.78 Å². The van der Waals surface area contributed by atoms with Gasteiger partial charge in [0.15, 0.2) is 17.5 Å². The normalized spacial score (nSPS) is 12.8. The molecule has 1 aromatic heterocycles. The number of aliphatic imine (C=N–C) groups is 1. The van der Waals surface area contributed by atoms with E-state index in [1.165, 1.54) is 18.7 Å². The van der Waals surface area contributed by atoms with Gasteiger partial charge in [0.2, 0.25) is 0 Å². The Bertz CT molecular complexity index is 867. The van der Waals surface area contributed by atoms with Crippen LogP contribution in [0.3, 0.4) is 0 Å². The number of aryl methyl sites for hydroxylation is 2. The summed E-state index contributed by atoms with van der Waals surface area (Å²) < 4.78 is 36.8. The summed E-state index contributed by atoms with van der Waals surface area (Å²) in [4.78, 5) is 4.58. The molecular formula is C21H31F2N5O2. The summed E-state index contributed by atoms with van der Waals surface area (Å²) in [6.07, 6.45) is 0.810. The van der Waals surface area contributed by atoms with Crippen LogP contribution >= 0.6 is 0 Å². The first-order valence-corrected chi connectivity index (χ1v) is 9.90. The second kappa shape index (κ2) is 10.8. The van der Waals surface area contributed by atoms with Crippen LogP contribution in [-0.2, 0) is 20.0 Å². The topological polar surface area (TPSA) is 72.7 Å². The first kappa shape index (κ1) is 23.4. The van der Waals surface area contributed by atoms with E-state index in [2.05, 4.69) is 39.3 Å². The third-order valence-corrected chi connectivity index (χ3v) is 4.76. The number of alkyl halides is 2. The molecule has 0 aliphatic rings. The van der Waals surface area contributed by atoms with Gasteiger partial charge in [-0.25, -0.2) is 4.99 Å². The molecule has 2 rings (SSSR count). The van der Waals surface area contributed by atoms with Gasteiger partial charge in [0.1, 0.15) is 0 Å². The fourth-order valence-electron chi connectivity index (χ4n) is 3.20. The molecule has 0 fully saturated rings. The third-order valence-electron chi connectivity index (χ3n) is 4.76. The predicted octanol–water partition coefficient (Wildman–Crippen LogP) is 3.33. The van der Waals surface area contributed by atoms with Crippen LogP contribution in [0.5, 0.6) is 11.5 Å². The van der Waals surface area contributed by atoms with Crippen molar-refractivity contribution in [3.8, 4) is 11.5 Å². The lowest BCUT2D eigenvalue weighted by Crippen LogP contribution is -2.43. The third kappa shape index (κ3) is 6.33. The highest BCUT2D eigenvalue weighted by Crippen LogP contribution is 2.29. The summed E-state index contributed by atoms with van der Waals surface area (Å²) in [7, 11) is 3.35. The summed E-state index contributed by atoms with van der Waals surface area (Å²) in [5.41, 5.74) is 4.12. The van der Waals surface area contributed by atoms with Gasteiger partial charge in [-0.2, -0.15) is 13.9 Å². The minimum absolute atomic E-state index is 0.00550. The second-order valence-corrected chi connectivity index (χ2v) is 7.08. The lowest BCUT2D eigenvalue weighted by Gasteiger charge is -2.18. The Balaban J connectivity index is 2.10. The number of nitrogens with zero attached hydrogens (tertiary/aromatic N) is 3. The van der Waals surface area contributed by atoms with E-state index in [4.69, 9.17) is 4.74 Å². The Morgan fingerprint density at radius 1 is 1.27 bits per heavy atom. The van der Waals surface area contributed by atoms with E-state index < -0.39 is 6.61 Å². The van der Waals surface area contributed by atoms with Gasteiger partial charge in [0.25, 0.3) is 0 Å². The van der Waals surface area contributed by atoms with Gasteiger partial charge in [0, 0.05) is 25.3 Å². The molecule has 0 aliphatic heterocycles.